The van der Waals surface area contributed by atoms with Crippen LogP contribution in [0.2, 0.25) is 0 Å². The van der Waals surface area contributed by atoms with Crippen LogP contribution in [-0.4, -0.2) is 27.8 Å². The number of carbonyl (C=O) groups is 1. The molecule has 1 aromatic carbocycles. The number of benzene rings is 1. The van der Waals surface area contributed by atoms with Crippen molar-refractivity contribution in [3.8, 4) is 0 Å². The van der Waals surface area contributed by atoms with Gasteiger partial charge in [-0.3, -0.25) is 10.2 Å². The molecule has 0 radical (unpaired) electrons. The molecule has 1 heterocycles. The van der Waals surface area contributed by atoms with Gasteiger partial charge in [-0.1, -0.05) is 24.3 Å². The fourth-order valence-electron chi connectivity index (χ4n) is 2.59. The number of carbonyl (C=O) groups excluding carboxylic acids is 1. The zero-order valence-electron chi connectivity index (χ0n) is 13.3. The number of pyridine rings is 1. The molecule has 0 fully saturated rings. The predicted octanol–water partition coefficient (Wildman–Crippen LogP) is 3.78. The third-order valence-corrected chi connectivity index (χ3v) is 3.82. The Morgan fingerprint density at radius 2 is 1.96 bits per heavy atom. The van der Waals surface area contributed by atoms with Crippen LogP contribution in [-0.2, 0) is 6.18 Å². The number of nitrogens with zero attached hydrogens (tertiary/aromatic N) is 2. The second kappa shape index (κ2) is 7.98. The molecule has 0 saturated heterocycles. The Kier molecular flexibility index (Phi) is 5.97. The van der Waals surface area contributed by atoms with E-state index in [2.05, 4.69) is 4.98 Å². The van der Waals surface area contributed by atoms with Gasteiger partial charge in [-0.15, -0.1) is 0 Å². The van der Waals surface area contributed by atoms with Crippen LogP contribution in [0.1, 0.15) is 35.4 Å². The van der Waals surface area contributed by atoms with Gasteiger partial charge in [-0.2, -0.15) is 13.2 Å². The number of rotatable bonds is 6. The summed E-state index contributed by atoms with van der Waals surface area (Å²) in [5, 5.41) is 9.71. The zero-order chi connectivity index (χ0) is 18.4. The van der Waals surface area contributed by atoms with E-state index in [9.17, 15) is 23.2 Å². The summed E-state index contributed by atoms with van der Waals surface area (Å²) in [6, 6.07) is 7.63. The minimum atomic E-state index is -4.43. The van der Waals surface area contributed by atoms with Crippen LogP contribution in [0.15, 0.2) is 48.8 Å². The largest absolute Gasteiger partial charge is 0.416 e. The number of hydrogen-bond donors (Lipinski definition) is 2. The van der Waals surface area contributed by atoms with Crippen molar-refractivity contribution < 1.29 is 23.2 Å². The monoisotopic (exact) mass is 353 g/mol. The Balaban J connectivity index is 2.25. The molecule has 0 aliphatic heterocycles. The van der Waals surface area contributed by atoms with Crippen molar-refractivity contribution in [3.05, 3.63) is 65.5 Å². The number of amides is 2. The highest BCUT2D eigenvalue weighted by Gasteiger charge is 2.31. The molecule has 1 aromatic heterocycles. The molecular weight excluding hydrogens is 335 g/mol. The molecule has 0 aliphatic carbocycles. The van der Waals surface area contributed by atoms with Crippen molar-refractivity contribution in [1.29, 1.82) is 0 Å². The minimum Gasteiger partial charge on any atom is -0.350 e. The number of halogens is 3. The van der Waals surface area contributed by atoms with Crippen LogP contribution >= 0.6 is 0 Å². The van der Waals surface area contributed by atoms with Gasteiger partial charge in [0, 0.05) is 18.3 Å². The van der Waals surface area contributed by atoms with Gasteiger partial charge < -0.3 is 5.73 Å². The lowest BCUT2D eigenvalue weighted by atomic mass is 9.87. The number of nitrogens with two attached hydrogens (primary N) is 1. The fourth-order valence-corrected chi connectivity index (χ4v) is 2.59. The summed E-state index contributed by atoms with van der Waals surface area (Å²) in [7, 11) is 0. The maximum absolute atomic E-state index is 13.0. The summed E-state index contributed by atoms with van der Waals surface area (Å²) in [4.78, 5) is 14.9. The number of aromatic nitrogens is 1. The van der Waals surface area contributed by atoms with Crippen molar-refractivity contribution >= 4 is 6.03 Å². The maximum atomic E-state index is 13.0. The third-order valence-electron chi connectivity index (χ3n) is 3.82. The van der Waals surface area contributed by atoms with Gasteiger partial charge in [0.15, 0.2) is 0 Å². The molecule has 3 N–H and O–H groups in total. The average Bonchev–Trinajstić information content (AvgIpc) is 2.58. The molecule has 2 aromatic rings. The Morgan fingerprint density at radius 3 is 2.56 bits per heavy atom. The van der Waals surface area contributed by atoms with Crippen molar-refractivity contribution in [2.24, 2.45) is 5.73 Å². The molecule has 0 spiro atoms. The van der Waals surface area contributed by atoms with Crippen LogP contribution in [0.25, 0.3) is 0 Å². The SMILES string of the molecule is NC(=O)N(O)CCCC(c1cccnc1)c1cccc(C(F)(F)F)c1. The van der Waals surface area contributed by atoms with Gasteiger partial charge in [-0.05, 0) is 36.1 Å². The molecule has 1 unspecified atom stereocenters. The lowest BCUT2D eigenvalue weighted by Gasteiger charge is -2.20. The third kappa shape index (κ3) is 5.18. The first-order valence-electron chi connectivity index (χ1n) is 7.62. The Bertz CT molecular complexity index is 708. The Hall–Kier alpha value is -2.61. The van der Waals surface area contributed by atoms with Crippen molar-refractivity contribution in [2.45, 2.75) is 24.9 Å². The van der Waals surface area contributed by atoms with Crippen LogP contribution in [0.5, 0.6) is 0 Å². The van der Waals surface area contributed by atoms with E-state index in [1.807, 2.05) is 0 Å². The molecule has 8 heteroatoms. The van der Waals surface area contributed by atoms with Crippen molar-refractivity contribution in [3.63, 3.8) is 0 Å². The van der Waals surface area contributed by atoms with E-state index >= 15 is 0 Å². The summed E-state index contributed by atoms with van der Waals surface area (Å²) in [6.45, 7) is -0.00887. The van der Waals surface area contributed by atoms with Gasteiger partial charge in [0.2, 0.25) is 0 Å². The molecule has 2 rings (SSSR count). The molecule has 5 nitrogen and oxygen atoms in total. The van der Waals surface area contributed by atoms with E-state index in [0.717, 1.165) is 17.7 Å². The van der Waals surface area contributed by atoms with Gasteiger partial charge in [0.25, 0.3) is 0 Å². The van der Waals surface area contributed by atoms with Gasteiger partial charge in [0.1, 0.15) is 0 Å². The second-order valence-corrected chi connectivity index (χ2v) is 5.57. The molecule has 25 heavy (non-hydrogen) atoms. The van der Waals surface area contributed by atoms with E-state index in [1.165, 1.54) is 6.07 Å². The number of urea groups is 1. The number of hydroxylamine groups is 2. The second-order valence-electron chi connectivity index (χ2n) is 5.57. The van der Waals surface area contributed by atoms with E-state index in [1.54, 1.807) is 30.6 Å². The Labute approximate surface area is 142 Å². The van der Waals surface area contributed by atoms with Gasteiger partial charge in [-0.25, -0.2) is 9.86 Å². The summed E-state index contributed by atoms with van der Waals surface area (Å²) in [5.41, 5.74) is 5.47. The zero-order valence-corrected chi connectivity index (χ0v) is 13.3. The van der Waals surface area contributed by atoms with Crippen LogP contribution in [0.4, 0.5) is 18.0 Å². The van der Waals surface area contributed by atoms with E-state index < -0.39 is 17.8 Å². The highest BCUT2D eigenvalue weighted by atomic mass is 19.4. The predicted molar refractivity (Wildman–Crippen MR) is 84.8 cm³/mol. The van der Waals surface area contributed by atoms with E-state index in [4.69, 9.17) is 5.73 Å². The first-order chi connectivity index (χ1) is 11.8. The maximum Gasteiger partial charge on any atom is 0.416 e. The first kappa shape index (κ1) is 18.7. The number of alkyl halides is 3. The highest BCUT2D eigenvalue weighted by Crippen LogP contribution is 2.34. The summed E-state index contributed by atoms with van der Waals surface area (Å²) in [6.07, 6.45) is -0.485. The topological polar surface area (TPSA) is 79.5 Å². The lowest BCUT2D eigenvalue weighted by molar-refractivity contribution is -0.137. The highest BCUT2D eigenvalue weighted by molar-refractivity contribution is 5.70. The summed E-state index contributed by atoms with van der Waals surface area (Å²) < 4.78 is 38.9. The standard InChI is InChI=1S/C17H18F3N3O2/c18-17(19,20)14-6-1-4-12(10-14)15(13-5-2-8-22-11-13)7-3-9-23(25)16(21)24/h1-2,4-6,8,10-11,15,25H,3,7,9H2,(H2,21,24). The molecule has 2 amide bonds. The number of hydrogen-bond acceptors (Lipinski definition) is 3. The van der Waals surface area contributed by atoms with E-state index in [0.29, 0.717) is 23.5 Å². The van der Waals surface area contributed by atoms with Crippen LogP contribution in [0, 0.1) is 0 Å². The summed E-state index contributed by atoms with van der Waals surface area (Å²) >= 11 is 0. The molecule has 0 bridgehead atoms. The molecular formula is C17H18F3N3O2. The first-order valence-corrected chi connectivity index (χ1v) is 7.62. The molecule has 1 atom stereocenters. The quantitative estimate of drug-likeness (QED) is 0.613. The van der Waals surface area contributed by atoms with Crippen molar-refractivity contribution in [1.82, 2.24) is 10.0 Å². The smallest absolute Gasteiger partial charge is 0.350 e. The van der Waals surface area contributed by atoms with Gasteiger partial charge in [0.05, 0.1) is 12.1 Å². The average molecular weight is 353 g/mol. The van der Waals surface area contributed by atoms with Gasteiger partial charge >= 0.3 is 12.2 Å². The minimum absolute atomic E-state index is 0.00887. The normalized spacial score (nSPS) is 12.6. The van der Waals surface area contributed by atoms with Crippen LogP contribution in [0.3, 0.4) is 0 Å². The fraction of sp³-hybridized carbons (Fsp3) is 0.294. The van der Waals surface area contributed by atoms with E-state index in [-0.39, 0.29) is 12.5 Å². The van der Waals surface area contributed by atoms with Crippen molar-refractivity contribution in [2.75, 3.05) is 6.54 Å². The van der Waals surface area contributed by atoms with Crippen LogP contribution < -0.4 is 5.73 Å². The summed E-state index contributed by atoms with van der Waals surface area (Å²) in [5.74, 6) is -0.350. The number of primary amides is 1. The molecule has 0 saturated carbocycles. The molecule has 134 valence electrons. The molecule has 0 aliphatic rings. The lowest BCUT2D eigenvalue weighted by Crippen LogP contribution is -2.33. The Morgan fingerprint density at radius 1 is 1.24 bits per heavy atom.